The van der Waals surface area contributed by atoms with Crippen molar-refractivity contribution in [3.8, 4) is 11.3 Å². The Hall–Kier alpha value is -1.57. The van der Waals surface area contributed by atoms with E-state index in [1.165, 1.54) is 11.1 Å². The molecule has 2 aromatic rings. The van der Waals surface area contributed by atoms with Crippen LogP contribution in [0.15, 0.2) is 36.5 Å². The monoisotopic (exact) mass is 242 g/mol. The van der Waals surface area contributed by atoms with Gasteiger partial charge in [0.2, 0.25) is 0 Å². The van der Waals surface area contributed by atoms with Crippen LogP contribution >= 0.6 is 0 Å². The second kappa shape index (κ2) is 4.97. The predicted molar refractivity (Wildman–Crippen MR) is 76.5 cm³/mol. The van der Waals surface area contributed by atoms with Gasteiger partial charge in [-0.2, -0.15) is 5.10 Å². The third kappa shape index (κ3) is 3.22. The van der Waals surface area contributed by atoms with Gasteiger partial charge < -0.3 is 0 Å². The molecule has 96 valence electrons. The van der Waals surface area contributed by atoms with Crippen LogP contribution in [0.25, 0.3) is 11.3 Å². The molecule has 0 aliphatic heterocycles. The second-order valence-corrected chi connectivity index (χ2v) is 5.99. The molecular weight excluding hydrogens is 220 g/mol. The maximum atomic E-state index is 4.52. The van der Waals surface area contributed by atoms with E-state index in [1.807, 2.05) is 10.9 Å². The first-order chi connectivity index (χ1) is 8.48. The number of aryl methyl sites for hydroxylation is 1. The van der Waals surface area contributed by atoms with E-state index in [9.17, 15) is 0 Å². The summed E-state index contributed by atoms with van der Waals surface area (Å²) in [6.45, 7) is 9.82. The molecule has 0 saturated carbocycles. The third-order valence-corrected chi connectivity index (χ3v) is 2.95. The van der Waals surface area contributed by atoms with Crippen LogP contribution < -0.4 is 0 Å². The molecule has 0 spiro atoms. The van der Waals surface area contributed by atoms with E-state index in [-0.39, 0.29) is 0 Å². The summed E-state index contributed by atoms with van der Waals surface area (Å²) >= 11 is 0. The largest absolute Gasteiger partial charge is 0.272 e. The molecule has 0 radical (unpaired) electrons. The van der Waals surface area contributed by atoms with Crippen molar-refractivity contribution < 1.29 is 0 Å². The lowest BCUT2D eigenvalue weighted by atomic mass is 9.88. The summed E-state index contributed by atoms with van der Waals surface area (Å²) in [6, 6.07) is 10.8. The molecule has 0 bridgehead atoms. The highest BCUT2D eigenvalue weighted by Gasteiger charge is 2.11. The summed E-state index contributed by atoms with van der Waals surface area (Å²) in [5, 5.41) is 4.52. The molecule has 0 aliphatic carbocycles. The van der Waals surface area contributed by atoms with Gasteiger partial charge in [-0.3, -0.25) is 4.68 Å². The Kier molecular flexibility index (Phi) is 3.55. The minimum Gasteiger partial charge on any atom is -0.272 e. The van der Waals surface area contributed by atoms with Gasteiger partial charge in [0.15, 0.2) is 0 Å². The van der Waals surface area contributed by atoms with Gasteiger partial charge in [-0.1, -0.05) is 45.0 Å². The van der Waals surface area contributed by atoms with Crippen molar-refractivity contribution in [2.24, 2.45) is 5.41 Å². The lowest BCUT2D eigenvalue weighted by molar-refractivity contribution is 0.411. The van der Waals surface area contributed by atoms with Gasteiger partial charge in [-0.05, 0) is 30.4 Å². The van der Waals surface area contributed by atoms with E-state index < -0.39 is 0 Å². The number of aromatic nitrogens is 2. The molecule has 0 N–H and O–H groups in total. The maximum Gasteiger partial charge on any atom is 0.0923 e. The number of hydrogen-bond donors (Lipinski definition) is 0. The molecule has 2 heteroatoms. The Morgan fingerprint density at radius 3 is 2.22 bits per heavy atom. The fourth-order valence-corrected chi connectivity index (χ4v) is 2.10. The van der Waals surface area contributed by atoms with Gasteiger partial charge in [-0.15, -0.1) is 0 Å². The molecule has 0 saturated heterocycles. The highest BCUT2D eigenvalue weighted by Crippen LogP contribution is 2.23. The number of rotatable bonds is 3. The summed E-state index contributed by atoms with van der Waals surface area (Å²) in [5.74, 6) is 0. The molecule has 1 aromatic heterocycles. The standard InChI is InChI=1S/C16H22N2/c1-5-18-11-10-15(17-18)14-8-6-13(7-9-14)12-16(2,3)4/h6-11H,5,12H2,1-4H3. The van der Waals surface area contributed by atoms with Gasteiger partial charge in [0.05, 0.1) is 5.69 Å². The van der Waals surface area contributed by atoms with Crippen molar-refractivity contribution >= 4 is 0 Å². The van der Waals surface area contributed by atoms with E-state index in [0.717, 1.165) is 18.7 Å². The first-order valence-corrected chi connectivity index (χ1v) is 6.61. The predicted octanol–water partition coefficient (Wildman–Crippen LogP) is 4.16. The van der Waals surface area contributed by atoms with Crippen molar-refractivity contribution in [1.29, 1.82) is 0 Å². The molecule has 1 heterocycles. The Labute approximate surface area is 110 Å². The fraction of sp³-hybridized carbons (Fsp3) is 0.438. The van der Waals surface area contributed by atoms with Crippen LogP contribution in [-0.4, -0.2) is 9.78 Å². The lowest BCUT2D eigenvalue weighted by Crippen LogP contribution is -2.08. The second-order valence-electron chi connectivity index (χ2n) is 5.99. The lowest BCUT2D eigenvalue weighted by Gasteiger charge is -2.18. The Balaban J connectivity index is 2.17. The van der Waals surface area contributed by atoms with E-state index in [1.54, 1.807) is 0 Å². The van der Waals surface area contributed by atoms with Crippen LogP contribution in [0.3, 0.4) is 0 Å². The SMILES string of the molecule is CCn1ccc(-c2ccc(CC(C)(C)C)cc2)n1. The molecule has 0 unspecified atom stereocenters. The third-order valence-electron chi connectivity index (χ3n) is 2.95. The first-order valence-electron chi connectivity index (χ1n) is 6.61. The molecule has 0 fully saturated rings. The number of hydrogen-bond acceptors (Lipinski definition) is 1. The summed E-state index contributed by atoms with van der Waals surface area (Å²) in [6.07, 6.45) is 3.13. The molecule has 1 aromatic carbocycles. The zero-order valence-electron chi connectivity index (χ0n) is 11.8. The average Bonchev–Trinajstić information content (AvgIpc) is 2.76. The van der Waals surface area contributed by atoms with Crippen LogP contribution in [0.4, 0.5) is 0 Å². The maximum absolute atomic E-state index is 4.52. The van der Waals surface area contributed by atoms with Crippen LogP contribution in [0.1, 0.15) is 33.3 Å². The van der Waals surface area contributed by atoms with Gasteiger partial charge in [0.25, 0.3) is 0 Å². The normalized spacial score (nSPS) is 11.8. The zero-order valence-corrected chi connectivity index (χ0v) is 11.8. The summed E-state index contributed by atoms with van der Waals surface area (Å²) in [4.78, 5) is 0. The summed E-state index contributed by atoms with van der Waals surface area (Å²) < 4.78 is 1.96. The Morgan fingerprint density at radius 2 is 1.72 bits per heavy atom. The van der Waals surface area contributed by atoms with Gasteiger partial charge in [-0.25, -0.2) is 0 Å². The smallest absolute Gasteiger partial charge is 0.0923 e. The molecule has 0 atom stereocenters. The molecule has 18 heavy (non-hydrogen) atoms. The highest BCUT2D eigenvalue weighted by molar-refractivity contribution is 5.58. The Morgan fingerprint density at radius 1 is 1.06 bits per heavy atom. The average molecular weight is 242 g/mol. The summed E-state index contributed by atoms with van der Waals surface area (Å²) in [7, 11) is 0. The van der Waals surface area contributed by atoms with Gasteiger partial charge in [0, 0.05) is 18.3 Å². The van der Waals surface area contributed by atoms with Crippen molar-refractivity contribution in [3.05, 3.63) is 42.1 Å². The Bertz CT molecular complexity index is 501. The van der Waals surface area contributed by atoms with E-state index in [2.05, 4.69) is 63.1 Å². The number of nitrogens with zero attached hydrogens (tertiary/aromatic N) is 2. The van der Waals surface area contributed by atoms with Crippen molar-refractivity contribution in [3.63, 3.8) is 0 Å². The molecular formula is C16H22N2. The van der Waals surface area contributed by atoms with Gasteiger partial charge in [0.1, 0.15) is 0 Å². The first kappa shape index (κ1) is 12.9. The van der Waals surface area contributed by atoms with E-state index in [4.69, 9.17) is 0 Å². The van der Waals surface area contributed by atoms with Crippen LogP contribution in [0.5, 0.6) is 0 Å². The summed E-state index contributed by atoms with van der Waals surface area (Å²) in [5.41, 5.74) is 3.98. The molecule has 0 amide bonds. The quantitative estimate of drug-likeness (QED) is 0.790. The molecule has 2 rings (SSSR count). The molecule has 0 aliphatic rings. The number of benzene rings is 1. The van der Waals surface area contributed by atoms with Crippen LogP contribution in [0.2, 0.25) is 0 Å². The fourth-order valence-electron chi connectivity index (χ4n) is 2.10. The van der Waals surface area contributed by atoms with Crippen molar-refractivity contribution in [2.75, 3.05) is 0 Å². The minimum absolute atomic E-state index is 0.339. The topological polar surface area (TPSA) is 17.8 Å². The van der Waals surface area contributed by atoms with Crippen LogP contribution in [0, 0.1) is 5.41 Å². The van der Waals surface area contributed by atoms with Gasteiger partial charge >= 0.3 is 0 Å². The van der Waals surface area contributed by atoms with Crippen LogP contribution in [-0.2, 0) is 13.0 Å². The zero-order chi connectivity index (χ0) is 13.2. The minimum atomic E-state index is 0.339. The highest BCUT2D eigenvalue weighted by atomic mass is 15.3. The van der Waals surface area contributed by atoms with E-state index in [0.29, 0.717) is 5.41 Å². The van der Waals surface area contributed by atoms with Crippen molar-refractivity contribution in [2.45, 2.75) is 40.7 Å². The molecule has 2 nitrogen and oxygen atoms in total. The van der Waals surface area contributed by atoms with E-state index >= 15 is 0 Å². The van der Waals surface area contributed by atoms with Crippen molar-refractivity contribution in [1.82, 2.24) is 9.78 Å².